The summed E-state index contributed by atoms with van der Waals surface area (Å²) < 4.78 is 13.9. The summed E-state index contributed by atoms with van der Waals surface area (Å²) in [6.45, 7) is 4.27. The van der Waals surface area contributed by atoms with Gasteiger partial charge in [0, 0.05) is 5.56 Å². The van der Waals surface area contributed by atoms with Gasteiger partial charge in [-0.3, -0.25) is 11.3 Å². The van der Waals surface area contributed by atoms with Gasteiger partial charge in [-0.2, -0.15) is 0 Å². The topological polar surface area (TPSA) is 38.0 Å². The molecule has 1 aromatic rings. The quantitative estimate of drug-likeness (QED) is 0.637. The van der Waals surface area contributed by atoms with Crippen molar-refractivity contribution in [2.24, 2.45) is 17.7 Å². The summed E-state index contributed by atoms with van der Waals surface area (Å²) in [5.74, 6) is 6.76. The van der Waals surface area contributed by atoms with E-state index < -0.39 is 0 Å². The van der Waals surface area contributed by atoms with Crippen LogP contribution in [0.5, 0.6) is 0 Å². The maximum atomic E-state index is 13.9. The average Bonchev–Trinajstić information content (AvgIpc) is 2.37. The van der Waals surface area contributed by atoms with Crippen LogP contribution in [0.4, 0.5) is 4.39 Å². The average molecular weight is 250 g/mol. The molecular weight excluding hydrogens is 227 g/mol. The van der Waals surface area contributed by atoms with Gasteiger partial charge in [0.15, 0.2) is 0 Å². The number of hydrogen-bond acceptors (Lipinski definition) is 2. The molecule has 0 aliphatic heterocycles. The van der Waals surface area contributed by atoms with Crippen molar-refractivity contribution in [2.45, 2.75) is 45.6 Å². The second-order valence-electron chi connectivity index (χ2n) is 5.69. The van der Waals surface area contributed by atoms with Crippen molar-refractivity contribution in [3.8, 4) is 0 Å². The first kappa shape index (κ1) is 13.5. The van der Waals surface area contributed by atoms with E-state index in [1.54, 1.807) is 12.1 Å². The van der Waals surface area contributed by atoms with Crippen LogP contribution in [0.2, 0.25) is 0 Å². The summed E-state index contributed by atoms with van der Waals surface area (Å²) in [5, 5.41) is 0. The largest absolute Gasteiger partial charge is 0.271 e. The molecule has 0 spiro atoms. The van der Waals surface area contributed by atoms with E-state index in [0.29, 0.717) is 5.92 Å². The van der Waals surface area contributed by atoms with Gasteiger partial charge >= 0.3 is 0 Å². The molecule has 0 aromatic heterocycles. The third-order valence-electron chi connectivity index (χ3n) is 4.20. The van der Waals surface area contributed by atoms with E-state index in [1.807, 2.05) is 13.0 Å². The summed E-state index contributed by atoms with van der Waals surface area (Å²) in [5.41, 5.74) is 4.63. The van der Waals surface area contributed by atoms with Crippen molar-refractivity contribution >= 4 is 0 Å². The molecule has 100 valence electrons. The molecule has 0 radical (unpaired) electrons. The number of nitrogens with one attached hydrogen (secondary N) is 1. The lowest BCUT2D eigenvalue weighted by Gasteiger charge is -2.32. The maximum absolute atomic E-state index is 13.9. The van der Waals surface area contributed by atoms with E-state index in [4.69, 9.17) is 5.84 Å². The summed E-state index contributed by atoms with van der Waals surface area (Å²) in [7, 11) is 0. The predicted molar refractivity (Wildman–Crippen MR) is 72.3 cm³/mol. The highest BCUT2D eigenvalue weighted by atomic mass is 19.1. The Morgan fingerprint density at radius 1 is 1.28 bits per heavy atom. The summed E-state index contributed by atoms with van der Waals surface area (Å²) in [6.07, 6.45) is 4.69. The minimum absolute atomic E-state index is 0.0580. The second kappa shape index (κ2) is 5.81. The van der Waals surface area contributed by atoms with Crippen LogP contribution in [-0.4, -0.2) is 0 Å². The Morgan fingerprint density at radius 3 is 2.56 bits per heavy atom. The molecule has 1 atom stereocenters. The molecule has 1 aliphatic carbocycles. The van der Waals surface area contributed by atoms with Crippen molar-refractivity contribution in [1.82, 2.24) is 5.43 Å². The van der Waals surface area contributed by atoms with Gasteiger partial charge in [0.25, 0.3) is 0 Å². The highest BCUT2D eigenvalue weighted by molar-refractivity contribution is 5.27. The SMILES string of the molecule is Cc1ccc(F)c(C(NN)C2CCC(C)CC2)c1. The van der Waals surface area contributed by atoms with Crippen LogP contribution in [0.15, 0.2) is 18.2 Å². The van der Waals surface area contributed by atoms with Gasteiger partial charge in [0.1, 0.15) is 5.82 Å². The Hall–Kier alpha value is -0.930. The van der Waals surface area contributed by atoms with Crippen molar-refractivity contribution in [2.75, 3.05) is 0 Å². The molecule has 3 N–H and O–H groups in total. The van der Waals surface area contributed by atoms with E-state index in [2.05, 4.69) is 12.3 Å². The Morgan fingerprint density at radius 2 is 1.94 bits per heavy atom. The molecule has 3 heteroatoms. The first-order valence-electron chi connectivity index (χ1n) is 6.84. The van der Waals surface area contributed by atoms with Crippen LogP contribution >= 0.6 is 0 Å². The molecule has 1 aliphatic rings. The molecule has 0 amide bonds. The van der Waals surface area contributed by atoms with E-state index >= 15 is 0 Å². The lowest BCUT2D eigenvalue weighted by atomic mass is 9.77. The van der Waals surface area contributed by atoms with Crippen LogP contribution in [0.25, 0.3) is 0 Å². The lowest BCUT2D eigenvalue weighted by molar-refractivity contribution is 0.229. The normalized spacial score (nSPS) is 26.0. The molecule has 2 rings (SSSR count). The van der Waals surface area contributed by atoms with Crippen LogP contribution in [0, 0.1) is 24.6 Å². The van der Waals surface area contributed by atoms with Crippen molar-refractivity contribution in [1.29, 1.82) is 0 Å². The lowest BCUT2D eigenvalue weighted by Crippen LogP contribution is -2.35. The molecule has 18 heavy (non-hydrogen) atoms. The van der Waals surface area contributed by atoms with E-state index in [0.717, 1.165) is 29.9 Å². The summed E-state index contributed by atoms with van der Waals surface area (Å²) >= 11 is 0. The zero-order chi connectivity index (χ0) is 13.1. The van der Waals surface area contributed by atoms with E-state index in [1.165, 1.54) is 12.8 Å². The molecule has 0 saturated heterocycles. The van der Waals surface area contributed by atoms with Crippen LogP contribution in [-0.2, 0) is 0 Å². The fourth-order valence-electron chi connectivity index (χ4n) is 3.00. The first-order chi connectivity index (χ1) is 8.61. The smallest absolute Gasteiger partial charge is 0.128 e. The number of hydrazine groups is 1. The van der Waals surface area contributed by atoms with Crippen LogP contribution < -0.4 is 11.3 Å². The van der Waals surface area contributed by atoms with Crippen molar-refractivity contribution in [3.05, 3.63) is 35.1 Å². The number of hydrogen-bond donors (Lipinski definition) is 2. The Bertz CT molecular complexity index is 397. The molecule has 1 unspecified atom stereocenters. The Kier molecular flexibility index (Phi) is 4.36. The number of aryl methyl sites for hydroxylation is 1. The first-order valence-corrected chi connectivity index (χ1v) is 6.84. The second-order valence-corrected chi connectivity index (χ2v) is 5.69. The fraction of sp³-hybridized carbons (Fsp3) is 0.600. The van der Waals surface area contributed by atoms with Crippen LogP contribution in [0.3, 0.4) is 0 Å². The van der Waals surface area contributed by atoms with Crippen molar-refractivity contribution < 1.29 is 4.39 Å². The molecule has 1 saturated carbocycles. The van der Waals surface area contributed by atoms with Gasteiger partial charge in [-0.25, -0.2) is 4.39 Å². The number of nitrogens with two attached hydrogens (primary N) is 1. The minimum atomic E-state index is -0.151. The molecule has 1 fully saturated rings. The van der Waals surface area contributed by atoms with Gasteiger partial charge in [-0.1, -0.05) is 37.5 Å². The monoisotopic (exact) mass is 250 g/mol. The predicted octanol–water partition coefficient (Wildman–Crippen LogP) is 3.46. The maximum Gasteiger partial charge on any atom is 0.128 e. The standard InChI is InChI=1S/C15H23FN2/c1-10-3-6-12(7-4-10)15(18-17)13-9-11(2)5-8-14(13)16/h5,8-10,12,15,18H,3-4,6-7,17H2,1-2H3. The zero-order valence-corrected chi connectivity index (χ0v) is 11.2. The van der Waals surface area contributed by atoms with E-state index in [-0.39, 0.29) is 11.9 Å². The van der Waals surface area contributed by atoms with Gasteiger partial charge in [-0.05, 0) is 37.7 Å². The number of halogens is 1. The van der Waals surface area contributed by atoms with Crippen molar-refractivity contribution in [3.63, 3.8) is 0 Å². The van der Waals surface area contributed by atoms with Gasteiger partial charge in [0.05, 0.1) is 6.04 Å². The number of benzene rings is 1. The summed E-state index contributed by atoms with van der Waals surface area (Å²) in [6, 6.07) is 5.20. The highest BCUT2D eigenvalue weighted by Crippen LogP contribution is 2.37. The third-order valence-corrected chi connectivity index (χ3v) is 4.20. The van der Waals surface area contributed by atoms with Crippen LogP contribution in [0.1, 0.15) is 49.8 Å². The van der Waals surface area contributed by atoms with Gasteiger partial charge in [-0.15, -0.1) is 0 Å². The highest BCUT2D eigenvalue weighted by Gasteiger charge is 2.28. The van der Waals surface area contributed by atoms with E-state index in [9.17, 15) is 4.39 Å². The third kappa shape index (κ3) is 2.90. The molecule has 0 heterocycles. The minimum Gasteiger partial charge on any atom is -0.271 e. The molecule has 0 bridgehead atoms. The zero-order valence-electron chi connectivity index (χ0n) is 11.2. The molecule has 2 nitrogen and oxygen atoms in total. The Balaban J connectivity index is 2.19. The number of rotatable bonds is 3. The summed E-state index contributed by atoms with van der Waals surface area (Å²) in [4.78, 5) is 0. The Labute approximate surface area is 109 Å². The van der Waals surface area contributed by atoms with Gasteiger partial charge < -0.3 is 0 Å². The van der Waals surface area contributed by atoms with Gasteiger partial charge in [0.2, 0.25) is 0 Å². The fourth-order valence-corrected chi connectivity index (χ4v) is 3.00. The molecular formula is C15H23FN2. The molecule has 1 aromatic carbocycles.